The summed E-state index contributed by atoms with van der Waals surface area (Å²) in [6.07, 6.45) is 0.878. The second-order valence-corrected chi connectivity index (χ2v) is 4.14. The Labute approximate surface area is 90.7 Å². The summed E-state index contributed by atoms with van der Waals surface area (Å²) in [5.41, 5.74) is 2.95. The summed E-state index contributed by atoms with van der Waals surface area (Å²) in [7, 11) is 1.90. The monoisotopic (exact) mass is 251 g/mol. The molecule has 0 unspecified atom stereocenters. The van der Waals surface area contributed by atoms with Crippen LogP contribution < -0.4 is 0 Å². The van der Waals surface area contributed by atoms with Crippen LogP contribution >= 0.6 is 15.9 Å². The molecular weight excluding hydrogens is 242 g/mol. The largest absolute Gasteiger partial charge is 0.340 e. The average Bonchev–Trinajstić information content (AvgIpc) is 2.41. The summed E-state index contributed by atoms with van der Waals surface area (Å²) in [6.45, 7) is 2.04. The number of rotatable bonds is 1. The van der Waals surface area contributed by atoms with Gasteiger partial charge in [0.05, 0.1) is 10.2 Å². The molecule has 0 N–H and O–H groups in total. The number of fused-ring (bicyclic) bond motifs is 1. The Hall–Kier alpha value is -1.09. The third kappa shape index (κ3) is 1.12. The van der Waals surface area contributed by atoms with Gasteiger partial charge < -0.3 is 4.57 Å². The van der Waals surface area contributed by atoms with Gasteiger partial charge >= 0.3 is 0 Å². The van der Waals surface area contributed by atoms with Crippen LogP contribution in [-0.4, -0.2) is 10.9 Å². The topological polar surface area (TPSA) is 22.0 Å². The molecule has 3 heteroatoms. The molecule has 72 valence electrons. The lowest BCUT2D eigenvalue weighted by Crippen LogP contribution is -1.93. The predicted molar refractivity (Wildman–Crippen MR) is 60.7 cm³/mol. The van der Waals surface area contributed by atoms with Crippen LogP contribution in [0.25, 0.3) is 10.9 Å². The van der Waals surface area contributed by atoms with E-state index in [0.29, 0.717) is 5.69 Å². The third-order valence-corrected chi connectivity index (χ3v) is 3.33. The molecule has 0 aliphatic rings. The van der Waals surface area contributed by atoms with Crippen molar-refractivity contribution in [3.8, 4) is 0 Å². The Morgan fingerprint density at radius 3 is 2.71 bits per heavy atom. The van der Waals surface area contributed by atoms with Crippen LogP contribution in [0.15, 0.2) is 22.7 Å². The number of aryl methyl sites for hydroxylation is 2. The number of hydrogen-bond acceptors (Lipinski definition) is 1. The average molecular weight is 252 g/mol. The molecule has 0 atom stereocenters. The Balaban J connectivity index is 3.01. The Morgan fingerprint density at radius 2 is 2.14 bits per heavy atom. The minimum absolute atomic E-state index is 0.689. The van der Waals surface area contributed by atoms with Crippen LogP contribution in [0.5, 0.6) is 0 Å². The number of carbonyl (C=O) groups is 1. The van der Waals surface area contributed by atoms with E-state index < -0.39 is 0 Å². The molecule has 0 radical (unpaired) electrons. The van der Waals surface area contributed by atoms with Crippen molar-refractivity contribution >= 4 is 33.1 Å². The predicted octanol–water partition coefficient (Wildman–Crippen LogP) is 3.06. The van der Waals surface area contributed by atoms with Crippen molar-refractivity contribution in [1.29, 1.82) is 0 Å². The van der Waals surface area contributed by atoms with Crippen LogP contribution in [-0.2, 0) is 7.05 Å². The number of benzene rings is 1. The Morgan fingerprint density at radius 1 is 1.43 bits per heavy atom. The van der Waals surface area contributed by atoms with E-state index in [1.165, 1.54) is 5.56 Å². The maximum absolute atomic E-state index is 10.9. The quantitative estimate of drug-likeness (QED) is 0.715. The van der Waals surface area contributed by atoms with E-state index in [1.54, 1.807) is 0 Å². The highest BCUT2D eigenvalue weighted by atomic mass is 79.9. The normalized spacial score (nSPS) is 10.8. The van der Waals surface area contributed by atoms with Crippen molar-refractivity contribution in [2.24, 2.45) is 7.05 Å². The molecule has 0 amide bonds. The molecule has 0 saturated heterocycles. The molecule has 0 fully saturated rings. The second-order valence-electron chi connectivity index (χ2n) is 3.35. The zero-order valence-corrected chi connectivity index (χ0v) is 9.63. The van der Waals surface area contributed by atoms with Crippen molar-refractivity contribution in [3.05, 3.63) is 33.9 Å². The highest BCUT2D eigenvalue weighted by Gasteiger charge is 2.13. The van der Waals surface area contributed by atoms with Crippen LogP contribution in [0.1, 0.15) is 16.1 Å². The van der Waals surface area contributed by atoms with Crippen LogP contribution in [0.3, 0.4) is 0 Å². The molecular formula is C11H10BrNO. The first kappa shape index (κ1) is 9.46. The molecule has 2 aromatic rings. The SMILES string of the molecule is Cc1cccc2c1c(Br)c(C=O)n2C. The first-order valence-corrected chi connectivity index (χ1v) is 5.14. The van der Waals surface area contributed by atoms with Crippen molar-refractivity contribution in [2.45, 2.75) is 6.92 Å². The molecule has 2 rings (SSSR count). The fourth-order valence-corrected chi connectivity index (χ4v) is 2.63. The summed E-state index contributed by atoms with van der Waals surface area (Å²) in [6, 6.07) is 6.06. The van der Waals surface area contributed by atoms with Gasteiger partial charge in [-0.05, 0) is 34.5 Å². The smallest absolute Gasteiger partial charge is 0.167 e. The fraction of sp³-hybridized carbons (Fsp3) is 0.182. The van der Waals surface area contributed by atoms with Gasteiger partial charge in [-0.3, -0.25) is 4.79 Å². The highest BCUT2D eigenvalue weighted by Crippen LogP contribution is 2.31. The van der Waals surface area contributed by atoms with Gasteiger partial charge in [0.15, 0.2) is 6.29 Å². The number of nitrogens with zero attached hydrogens (tertiary/aromatic N) is 1. The van der Waals surface area contributed by atoms with Crippen LogP contribution in [0, 0.1) is 6.92 Å². The number of carbonyl (C=O) groups excluding carboxylic acids is 1. The lowest BCUT2D eigenvalue weighted by Gasteiger charge is -1.98. The Bertz CT molecular complexity index is 513. The molecule has 14 heavy (non-hydrogen) atoms. The minimum Gasteiger partial charge on any atom is -0.340 e. The summed E-state index contributed by atoms with van der Waals surface area (Å²) in [4.78, 5) is 10.9. The maximum Gasteiger partial charge on any atom is 0.167 e. The third-order valence-electron chi connectivity index (χ3n) is 2.53. The van der Waals surface area contributed by atoms with Crippen molar-refractivity contribution in [2.75, 3.05) is 0 Å². The van der Waals surface area contributed by atoms with Gasteiger partial charge in [0, 0.05) is 18.0 Å². The summed E-state index contributed by atoms with van der Waals surface area (Å²) in [5.74, 6) is 0. The lowest BCUT2D eigenvalue weighted by molar-refractivity contribution is 0.111. The number of hydrogen-bond donors (Lipinski definition) is 0. The van der Waals surface area contributed by atoms with E-state index in [9.17, 15) is 4.79 Å². The van der Waals surface area contributed by atoms with Gasteiger partial charge in [-0.25, -0.2) is 0 Å². The molecule has 0 spiro atoms. The molecule has 0 aliphatic carbocycles. The number of aromatic nitrogens is 1. The van der Waals surface area contributed by atoms with Crippen LogP contribution in [0.4, 0.5) is 0 Å². The second kappa shape index (κ2) is 3.24. The van der Waals surface area contributed by atoms with Gasteiger partial charge in [-0.1, -0.05) is 12.1 Å². The van der Waals surface area contributed by atoms with Crippen molar-refractivity contribution in [1.82, 2.24) is 4.57 Å². The zero-order valence-electron chi connectivity index (χ0n) is 8.04. The summed E-state index contributed by atoms with van der Waals surface area (Å²) < 4.78 is 2.79. The zero-order chi connectivity index (χ0) is 10.3. The molecule has 2 nitrogen and oxygen atoms in total. The van der Waals surface area contributed by atoms with E-state index in [4.69, 9.17) is 0 Å². The molecule has 1 heterocycles. The minimum atomic E-state index is 0.689. The summed E-state index contributed by atoms with van der Waals surface area (Å²) in [5, 5.41) is 1.12. The van der Waals surface area contributed by atoms with E-state index >= 15 is 0 Å². The first-order chi connectivity index (χ1) is 6.66. The standard InChI is InChI=1S/C11H10BrNO/c1-7-4-3-5-8-10(7)11(12)9(6-14)13(8)2/h3-6H,1-2H3. The molecule has 0 bridgehead atoms. The summed E-state index contributed by atoms with van der Waals surface area (Å²) >= 11 is 3.46. The van der Waals surface area contributed by atoms with E-state index in [1.807, 2.05) is 36.7 Å². The van der Waals surface area contributed by atoms with Gasteiger partial charge in [0.1, 0.15) is 0 Å². The highest BCUT2D eigenvalue weighted by molar-refractivity contribution is 9.10. The van der Waals surface area contributed by atoms with Gasteiger partial charge in [-0.2, -0.15) is 0 Å². The van der Waals surface area contributed by atoms with Crippen molar-refractivity contribution < 1.29 is 4.79 Å². The Kier molecular flexibility index (Phi) is 2.19. The fourth-order valence-electron chi connectivity index (χ4n) is 1.75. The molecule has 1 aromatic heterocycles. The number of aldehydes is 1. The van der Waals surface area contributed by atoms with E-state index in [0.717, 1.165) is 21.7 Å². The van der Waals surface area contributed by atoms with E-state index in [-0.39, 0.29) is 0 Å². The number of halogens is 1. The van der Waals surface area contributed by atoms with Gasteiger partial charge in [0.2, 0.25) is 0 Å². The lowest BCUT2D eigenvalue weighted by atomic mass is 10.1. The molecule has 0 saturated carbocycles. The molecule has 0 aliphatic heterocycles. The van der Waals surface area contributed by atoms with Gasteiger partial charge in [-0.15, -0.1) is 0 Å². The van der Waals surface area contributed by atoms with Gasteiger partial charge in [0.25, 0.3) is 0 Å². The van der Waals surface area contributed by atoms with Crippen LogP contribution in [0.2, 0.25) is 0 Å². The first-order valence-electron chi connectivity index (χ1n) is 4.35. The molecule has 1 aromatic carbocycles. The maximum atomic E-state index is 10.9. The van der Waals surface area contributed by atoms with E-state index in [2.05, 4.69) is 15.9 Å². The van der Waals surface area contributed by atoms with Crippen molar-refractivity contribution in [3.63, 3.8) is 0 Å².